The number of aliphatic hydroxyl groups excluding tert-OH is 6. The predicted octanol–water partition coefficient (Wildman–Crippen LogP) is 2.43. The van der Waals surface area contributed by atoms with Crippen LogP contribution in [0.4, 0.5) is 0 Å². The lowest BCUT2D eigenvalue weighted by Gasteiger charge is -2.72. The van der Waals surface area contributed by atoms with Gasteiger partial charge in [-0.25, -0.2) is 0 Å². The second-order valence-corrected chi connectivity index (χ2v) is 17.7. The number of rotatable bonds is 3. The molecule has 7 N–H and O–H groups in total. The van der Waals surface area contributed by atoms with Gasteiger partial charge in [0, 0.05) is 5.92 Å². The summed E-state index contributed by atoms with van der Waals surface area (Å²) >= 11 is 0. The van der Waals surface area contributed by atoms with Gasteiger partial charge in [-0.3, -0.25) is 4.79 Å². The van der Waals surface area contributed by atoms with Crippen molar-refractivity contribution in [2.45, 2.75) is 148 Å². The molecule has 0 spiro atoms. The summed E-state index contributed by atoms with van der Waals surface area (Å²) in [6.07, 6.45) is -1.65. The third-order valence-electron chi connectivity index (χ3n) is 15.5. The van der Waals surface area contributed by atoms with Gasteiger partial charge in [0.1, 0.15) is 24.4 Å². The Kier molecular flexibility index (Phi) is 8.27. The van der Waals surface area contributed by atoms with E-state index in [0.29, 0.717) is 32.1 Å². The quantitative estimate of drug-likeness (QED) is 0.177. The van der Waals surface area contributed by atoms with E-state index in [4.69, 9.17) is 9.47 Å². The third-order valence-corrected chi connectivity index (χ3v) is 15.5. The van der Waals surface area contributed by atoms with Gasteiger partial charge in [0.05, 0.1) is 29.8 Å². The average Bonchev–Trinajstić information content (AvgIpc) is 2.98. The highest BCUT2D eigenvalue weighted by atomic mass is 16.7. The number of fused-ring (bicyclic) bond motifs is 7. The number of allylic oxidation sites excluding steroid dienone is 1. The molecule has 0 radical (unpaired) electrons. The first kappa shape index (κ1) is 34.7. The highest BCUT2D eigenvalue weighted by Crippen LogP contribution is 2.76. The lowest BCUT2D eigenvalue weighted by atomic mass is 9.33. The summed E-state index contributed by atoms with van der Waals surface area (Å²) in [5.41, 5.74) is -2.44. The number of hydrogen-bond acceptors (Lipinski definition) is 10. The molecule has 6 rings (SSSR count). The standard InChI is InChI=1S/C36H58O10/c1-18-10-13-36(30(43)46-29-26(41)25(40)24(39)21(17-37)45-29)15-14-33(5)19(27(36)35(18,7)44)8-9-23-32(4)16-20(38)28(42)31(2,3)22(32)11-12-34(23,33)6/h8,18,20-29,37-42,44H,9-17H2,1-7H3/t18-,20+,21-,22+,23-,24-,25+,26-,27-,28+,29+,32+,33-,34-,35-,36+/m1/s1. The van der Waals surface area contributed by atoms with Crippen LogP contribution in [0.5, 0.6) is 0 Å². The molecule has 5 aliphatic carbocycles. The topological polar surface area (TPSA) is 177 Å². The van der Waals surface area contributed by atoms with Gasteiger partial charge in [-0.2, -0.15) is 0 Å². The van der Waals surface area contributed by atoms with Gasteiger partial charge in [-0.05, 0) is 97.7 Å². The normalized spacial score (nSPS) is 56.4. The van der Waals surface area contributed by atoms with Crippen molar-refractivity contribution in [2.24, 2.45) is 50.7 Å². The number of carbonyl (C=O) groups is 1. The predicted molar refractivity (Wildman–Crippen MR) is 168 cm³/mol. The van der Waals surface area contributed by atoms with Crippen LogP contribution in [0.1, 0.15) is 99.8 Å². The first-order chi connectivity index (χ1) is 21.2. The number of esters is 1. The van der Waals surface area contributed by atoms with E-state index in [0.717, 1.165) is 24.8 Å². The Bertz CT molecular complexity index is 1250. The number of hydrogen-bond donors (Lipinski definition) is 7. The minimum absolute atomic E-state index is 0.0940. The van der Waals surface area contributed by atoms with Crippen LogP contribution in [0.2, 0.25) is 0 Å². The van der Waals surface area contributed by atoms with E-state index in [-0.39, 0.29) is 34.0 Å². The van der Waals surface area contributed by atoms with Crippen LogP contribution in [-0.2, 0) is 14.3 Å². The Morgan fingerprint density at radius 3 is 2.24 bits per heavy atom. The van der Waals surface area contributed by atoms with E-state index in [9.17, 15) is 40.5 Å². The fraction of sp³-hybridized carbons (Fsp3) is 0.917. The smallest absolute Gasteiger partial charge is 0.315 e. The van der Waals surface area contributed by atoms with Crippen molar-refractivity contribution in [2.75, 3.05) is 6.61 Å². The van der Waals surface area contributed by atoms with Crippen molar-refractivity contribution in [3.8, 4) is 0 Å². The van der Waals surface area contributed by atoms with Crippen molar-refractivity contribution in [3.63, 3.8) is 0 Å². The van der Waals surface area contributed by atoms with Crippen molar-refractivity contribution < 1.29 is 50.0 Å². The van der Waals surface area contributed by atoms with E-state index in [1.165, 1.54) is 0 Å². The Hall–Kier alpha value is -1.11. The Balaban J connectivity index is 1.39. The second-order valence-electron chi connectivity index (χ2n) is 17.7. The van der Waals surface area contributed by atoms with Crippen LogP contribution >= 0.6 is 0 Å². The summed E-state index contributed by atoms with van der Waals surface area (Å²) in [4.78, 5) is 14.5. The fourth-order valence-corrected chi connectivity index (χ4v) is 12.4. The van der Waals surface area contributed by atoms with Gasteiger partial charge in [0.25, 0.3) is 0 Å². The maximum Gasteiger partial charge on any atom is 0.315 e. The van der Waals surface area contributed by atoms with E-state index >= 15 is 0 Å². The summed E-state index contributed by atoms with van der Waals surface area (Å²) in [7, 11) is 0. The molecular formula is C36H58O10. The maximum atomic E-state index is 14.5. The zero-order chi connectivity index (χ0) is 34.0. The first-order valence-electron chi connectivity index (χ1n) is 17.5. The minimum Gasteiger partial charge on any atom is -0.432 e. The molecule has 1 aliphatic heterocycles. The molecule has 0 aromatic carbocycles. The van der Waals surface area contributed by atoms with Gasteiger partial charge >= 0.3 is 5.97 Å². The summed E-state index contributed by atoms with van der Waals surface area (Å²) < 4.78 is 11.5. The molecule has 0 amide bonds. The molecule has 262 valence electrons. The Labute approximate surface area is 273 Å². The van der Waals surface area contributed by atoms with Crippen molar-refractivity contribution in [3.05, 3.63) is 11.6 Å². The van der Waals surface area contributed by atoms with Crippen molar-refractivity contribution >= 4 is 5.97 Å². The summed E-state index contributed by atoms with van der Waals surface area (Å²) in [6.45, 7) is 14.4. The third kappa shape index (κ3) is 4.39. The van der Waals surface area contributed by atoms with Crippen LogP contribution in [0.15, 0.2) is 11.6 Å². The summed E-state index contributed by atoms with van der Waals surface area (Å²) in [5.74, 6) is -0.787. The van der Waals surface area contributed by atoms with Gasteiger partial charge in [0.2, 0.25) is 6.29 Å². The molecule has 0 unspecified atom stereocenters. The zero-order valence-corrected chi connectivity index (χ0v) is 28.6. The fourth-order valence-electron chi connectivity index (χ4n) is 12.4. The van der Waals surface area contributed by atoms with Gasteiger partial charge < -0.3 is 45.2 Å². The summed E-state index contributed by atoms with van der Waals surface area (Å²) in [6, 6.07) is 0. The molecule has 10 heteroatoms. The number of carbonyl (C=O) groups excluding carboxylic acids is 1. The molecule has 1 saturated heterocycles. The Morgan fingerprint density at radius 1 is 0.913 bits per heavy atom. The van der Waals surface area contributed by atoms with E-state index in [1.54, 1.807) is 0 Å². The monoisotopic (exact) mass is 650 g/mol. The largest absolute Gasteiger partial charge is 0.432 e. The lowest BCUT2D eigenvalue weighted by molar-refractivity contribution is -0.299. The van der Waals surface area contributed by atoms with Gasteiger partial charge in [-0.1, -0.05) is 53.2 Å². The van der Waals surface area contributed by atoms with E-state index in [1.807, 2.05) is 13.8 Å². The molecule has 16 atom stereocenters. The van der Waals surface area contributed by atoms with Gasteiger partial charge in [0.15, 0.2) is 0 Å². The van der Waals surface area contributed by atoms with Crippen molar-refractivity contribution in [1.29, 1.82) is 0 Å². The molecule has 0 bridgehead atoms. The molecule has 0 aromatic heterocycles. The molecule has 1 heterocycles. The highest BCUT2D eigenvalue weighted by Gasteiger charge is 2.72. The molecule has 4 saturated carbocycles. The average molecular weight is 651 g/mol. The highest BCUT2D eigenvalue weighted by molar-refractivity contribution is 5.79. The molecule has 0 aromatic rings. The van der Waals surface area contributed by atoms with E-state index in [2.05, 4.69) is 40.7 Å². The van der Waals surface area contributed by atoms with Crippen LogP contribution in [0.25, 0.3) is 0 Å². The molecule has 10 nitrogen and oxygen atoms in total. The first-order valence-corrected chi connectivity index (χ1v) is 17.5. The van der Waals surface area contributed by atoms with Crippen LogP contribution in [0.3, 0.4) is 0 Å². The van der Waals surface area contributed by atoms with Crippen LogP contribution < -0.4 is 0 Å². The Morgan fingerprint density at radius 2 is 1.59 bits per heavy atom. The lowest BCUT2D eigenvalue weighted by Crippen LogP contribution is -2.69. The number of aliphatic hydroxyl groups is 7. The number of ether oxygens (including phenoxy) is 2. The van der Waals surface area contributed by atoms with Gasteiger partial charge in [-0.15, -0.1) is 0 Å². The van der Waals surface area contributed by atoms with E-state index < -0.39 is 77.8 Å². The molecular weight excluding hydrogens is 592 g/mol. The van der Waals surface area contributed by atoms with Crippen LogP contribution in [0, 0.1) is 50.7 Å². The summed E-state index contributed by atoms with van der Waals surface area (Å²) in [5, 5.41) is 75.6. The second kappa shape index (κ2) is 10.9. The van der Waals surface area contributed by atoms with Crippen LogP contribution in [-0.4, -0.2) is 96.8 Å². The zero-order valence-electron chi connectivity index (χ0n) is 28.6. The SMILES string of the molecule is C[C@@H]1CC[C@]2(C(=O)O[C@@H]3O[C@H](CO)[C@@H](O)[C@H](O)[C@H]3O)CC[C@]3(C)C(=CC[C@@H]4[C@@]5(C)C[C@H](O)[C@H](O)C(C)(C)[C@@H]5CC[C@]43C)[C@@H]2[C@]1(C)O. The minimum atomic E-state index is -1.70. The van der Waals surface area contributed by atoms with Crippen molar-refractivity contribution in [1.82, 2.24) is 0 Å². The maximum absolute atomic E-state index is 14.5. The molecule has 6 aliphatic rings. The molecule has 46 heavy (non-hydrogen) atoms. The molecule has 5 fully saturated rings.